The number of likely N-dealkylation sites (N-methyl/N-ethyl adjacent to an activating group) is 1. The number of urea groups is 1. The van der Waals surface area contributed by atoms with Crippen LogP contribution < -0.4 is 10.6 Å². The van der Waals surface area contributed by atoms with E-state index < -0.39 is 17.8 Å². The molecule has 7 atom stereocenters. The second-order valence-electron chi connectivity index (χ2n) is 11.4. The van der Waals surface area contributed by atoms with Crippen molar-refractivity contribution in [1.82, 2.24) is 10.2 Å². The van der Waals surface area contributed by atoms with Crippen LogP contribution in [-0.2, 0) is 11.0 Å². The zero-order valence-corrected chi connectivity index (χ0v) is 20.5. The van der Waals surface area contributed by atoms with E-state index in [-0.39, 0.29) is 34.5 Å². The van der Waals surface area contributed by atoms with Crippen LogP contribution in [0.15, 0.2) is 36.4 Å². The van der Waals surface area contributed by atoms with Crippen LogP contribution in [0.1, 0.15) is 57.9 Å². The van der Waals surface area contributed by atoms with Crippen LogP contribution in [0.4, 0.5) is 23.7 Å². The van der Waals surface area contributed by atoms with Gasteiger partial charge < -0.3 is 15.5 Å². The van der Waals surface area contributed by atoms with E-state index in [9.17, 15) is 22.8 Å². The van der Waals surface area contributed by atoms with E-state index in [1.54, 1.807) is 6.08 Å². The number of anilines is 1. The van der Waals surface area contributed by atoms with Crippen molar-refractivity contribution in [2.24, 2.45) is 28.6 Å². The summed E-state index contributed by atoms with van der Waals surface area (Å²) in [5, 5.41) is 5.48. The molecule has 3 saturated carbocycles. The number of fused-ring (bicyclic) bond motifs is 5. The molecule has 3 amide bonds. The largest absolute Gasteiger partial charge is 0.418 e. The molecule has 0 aromatic heterocycles. The Hall–Kier alpha value is -2.51. The average Bonchev–Trinajstić information content (AvgIpc) is 3.12. The van der Waals surface area contributed by atoms with E-state index >= 15 is 0 Å². The van der Waals surface area contributed by atoms with Gasteiger partial charge >= 0.3 is 12.2 Å². The lowest BCUT2D eigenvalue weighted by Crippen LogP contribution is -2.60. The Bertz CT molecular complexity index is 1060. The molecule has 1 heterocycles. The molecule has 5 nitrogen and oxygen atoms in total. The van der Waals surface area contributed by atoms with E-state index in [0.29, 0.717) is 17.8 Å². The summed E-state index contributed by atoms with van der Waals surface area (Å²) in [4.78, 5) is 27.0. The molecule has 1 aromatic carbocycles. The highest BCUT2D eigenvalue weighted by atomic mass is 19.4. The van der Waals surface area contributed by atoms with Crippen molar-refractivity contribution in [2.45, 2.75) is 70.6 Å². The van der Waals surface area contributed by atoms with Crippen LogP contribution in [0.2, 0.25) is 0 Å². The normalized spacial score (nSPS) is 38.4. The zero-order valence-electron chi connectivity index (χ0n) is 20.5. The predicted octanol–water partition coefficient (Wildman–Crippen LogP) is 5.83. The van der Waals surface area contributed by atoms with Gasteiger partial charge in [-0.2, -0.15) is 13.2 Å². The zero-order chi connectivity index (χ0) is 25.2. The summed E-state index contributed by atoms with van der Waals surface area (Å²) in [7, 11) is 1.91. The molecular weight excluding hydrogens is 455 g/mol. The lowest BCUT2D eigenvalue weighted by atomic mass is 9.48. The summed E-state index contributed by atoms with van der Waals surface area (Å²) in [6.07, 6.45) is 5.19. The molecular formula is C27H34F3N3O2. The van der Waals surface area contributed by atoms with Crippen molar-refractivity contribution in [3.05, 3.63) is 42.0 Å². The molecule has 0 unspecified atom stereocenters. The average molecular weight is 490 g/mol. The van der Waals surface area contributed by atoms with Crippen molar-refractivity contribution >= 4 is 17.6 Å². The fourth-order valence-corrected chi connectivity index (χ4v) is 8.13. The lowest BCUT2D eigenvalue weighted by molar-refractivity contribution is -0.138. The molecule has 0 radical (unpaired) electrons. The highest BCUT2D eigenvalue weighted by molar-refractivity contribution is 5.90. The summed E-state index contributed by atoms with van der Waals surface area (Å²) < 4.78 is 40.0. The van der Waals surface area contributed by atoms with Crippen molar-refractivity contribution in [3.8, 4) is 0 Å². The van der Waals surface area contributed by atoms with Crippen molar-refractivity contribution < 1.29 is 22.8 Å². The van der Waals surface area contributed by atoms with Crippen LogP contribution in [0, 0.1) is 28.6 Å². The second-order valence-corrected chi connectivity index (χ2v) is 11.4. The first-order valence-electron chi connectivity index (χ1n) is 12.6. The van der Waals surface area contributed by atoms with Crippen molar-refractivity contribution in [2.75, 3.05) is 12.4 Å². The van der Waals surface area contributed by atoms with Gasteiger partial charge in [0.05, 0.1) is 11.3 Å². The third kappa shape index (κ3) is 3.84. The first-order valence-corrected chi connectivity index (χ1v) is 12.6. The smallest absolute Gasteiger partial charge is 0.338 e. The second kappa shape index (κ2) is 8.27. The highest BCUT2D eigenvalue weighted by Crippen LogP contribution is 2.63. The predicted molar refractivity (Wildman–Crippen MR) is 127 cm³/mol. The molecule has 3 aliphatic carbocycles. The Morgan fingerprint density at radius 3 is 2.54 bits per heavy atom. The van der Waals surface area contributed by atoms with E-state index in [1.807, 2.05) is 11.9 Å². The van der Waals surface area contributed by atoms with Gasteiger partial charge in [-0.15, -0.1) is 0 Å². The van der Waals surface area contributed by atoms with Gasteiger partial charge in [-0.3, -0.25) is 4.79 Å². The van der Waals surface area contributed by atoms with Crippen molar-refractivity contribution in [1.29, 1.82) is 0 Å². The number of halogens is 3. The fourth-order valence-electron chi connectivity index (χ4n) is 8.13. The third-order valence-electron chi connectivity index (χ3n) is 9.91. The van der Waals surface area contributed by atoms with E-state index in [0.717, 1.165) is 44.6 Å². The summed E-state index contributed by atoms with van der Waals surface area (Å²) in [6.45, 7) is 4.54. The molecule has 0 bridgehead atoms. The minimum absolute atomic E-state index is 0.0445. The van der Waals surface area contributed by atoms with Gasteiger partial charge in [0.1, 0.15) is 0 Å². The summed E-state index contributed by atoms with van der Waals surface area (Å²) >= 11 is 0. The summed E-state index contributed by atoms with van der Waals surface area (Å²) in [5.41, 5.74) is -1.21. The molecule has 1 aliphatic heterocycles. The van der Waals surface area contributed by atoms with Gasteiger partial charge in [-0.25, -0.2) is 4.79 Å². The molecule has 0 saturated heterocycles. The fraction of sp³-hybridized carbons (Fsp3) is 0.630. The number of nitrogens with zero attached hydrogens (tertiary/aromatic N) is 1. The topological polar surface area (TPSA) is 61.4 Å². The van der Waals surface area contributed by atoms with E-state index in [1.165, 1.54) is 18.2 Å². The quantitative estimate of drug-likeness (QED) is 0.549. The summed E-state index contributed by atoms with van der Waals surface area (Å²) in [5.74, 6) is 1.53. The number of hydrogen-bond donors (Lipinski definition) is 2. The van der Waals surface area contributed by atoms with Crippen LogP contribution >= 0.6 is 0 Å². The maximum Gasteiger partial charge on any atom is 0.418 e. The first-order chi connectivity index (χ1) is 16.4. The van der Waals surface area contributed by atoms with Gasteiger partial charge in [0, 0.05) is 24.5 Å². The minimum Gasteiger partial charge on any atom is -0.338 e. The number of amides is 3. The molecule has 5 rings (SSSR count). The number of benzene rings is 1. The number of carbonyl (C=O) groups is 2. The molecule has 8 heteroatoms. The van der Waals surface area contributed by atoms with Crippen LogP contribution in [-0.4, -0.2) is 36.0 Å². The number of carbonyl (C=O) groups excluding carboxylic acids is 2. The maximum absolute atomic E-state index is 13.3. The Balaban J connectivity index is 1.31. The molecule has 35 heavy (non-hydrogen) atoms. The van der Waals surface area contributed by atoms with Gasteiger partial charge in [0.2, 0.25) is 5.91 Å². The van der Waals surface area contributed by atoms with Gasteiger partial charge in [-0.1, -0.05) is 32.1 Å². The van der Waals surface area contributed by atoms with Gasteiger partial charge in [-0.05, 0) is 79.9 Å². The molecule has 1 aromatic rings. The number of rotatable bonds is 2. The number of nitrogens with one attached hydrogen (secondary N) is 2. The first kappa shape index (κ1) is 24.2. The van der Waals surface area contributed by atoms with Crippen molar-refractivity contribution in [3.63, 3.8) is 0 Å². The number of hydrogen-bond acceptors (Lipinski definition) is 2. The molecule has 3 fully saturated rings. The molecule has 0 spiro atoms. The lowest BCUT2D eigenvalue weighted by Gasteiger charge is -2.60. The third-order valence-corrected chi connectivity index (χ3v) is 9.91. The van der Waals surface area contributed by atoms with Gasteiger partial charge in [0.15, 0.2) is 0 Å². The Labute approximate surface area is 204 Å². The Morgan fingerprint density at radius 1 is 1.06 bits per heavy atom. The summed E-state index contributed by atoms with van der Waals surface area (Å²) in [6, 6.07) is 4.62. The molecule has 190 valence electrons. The number of alkyl halides is 3. The highest BCUT2D eigenvalue weighted by Gasteiger charge is 2.60. The van der Waals surface area contributed by atoms with E-state index in [4.69, 9.17) is 0 Å². The number of para-hydroxylation sites is 1. The van der Waals surface area contributed by atoms with Crippen LogP contribution in [0.3, 0.4) is 0 Å². The van der Waals surface area contributed by atoms with Crippen LogP contribution in [0.5, 0.6) is 0 Å². The van der Waals surface area contributed by atoms with Crippen LogP contribution in [0.25, 0.3) is 0 Å². The van der Waals surface area contributed by atoms with E-state index in [2.05, 4.69) is 30.6 Å². The Kier molecular flexibility index (Phi) is 5.72. The molecule has 2 N–H and O–H groups in total. The van der Waals surface area contributed by atoms with Gasteiger partial charge in [0.25, 0.3) is 0 Å². The monoisotopic (exact) mass is 489 g/mol. The SMILES string of the molecule is CN1C(=O)C=C[C@]2(C)[C@H]3CC[C@]4(C)[C@@H](NC(=O)Nc5ccccc5C(F)(F)F)CC[C@H]4[C@@H]3CC[C@@H]12. The maximum atomic E-state index is 13.3. The molecule has 4 aliphatic rings. The standard InChI is InChI=1S/C27H34F3N3O2/c1-25-14-12-18-16(8-11-22-26(18,2)15-13-23(34)33(22)3)17(25)9-10-21(25)32-24(35)31-20-7-5-4-6-19(20)27(28,29)30/h4-7,13,15-18,21-22H,8-12,14H2,1-3H3,(H2,31,32,35)/t16-,17-,18-,21-,22+,25-,26+/m0/s1. The minimum atomic E-state index is -4.53. The Morgan fingerprint density at radius 2 is 1.80 bits per heavy atom.